The van der Waals surface area contributed by atoms with E-state index >= 15 is 0 Å². The Labute approximate surface area is 156 Å². The van der Waals surface area contributed by atoms with E-state index in [9.17, 15) is 0 Å². The van der Waals surface area contributed by atoms with Crippen molar-refractivity contribution >= 4 is 41.7 Å². The zero-order valence-electron chi connectivity index (χ0n) is 13.8. The van der Waals surface area contributed by atoms with Gasteiger partial charge in [0, 0.05) is 24.9 Å². The van der Waals surface area contributed by atoms with E-state index in [1.807, 2.05) is 18.8 Å². The first kappa shape index (κ1) is 19.6. The number of nitrogens with zero attached hydrogens (tertiary/aromatic N) is 1. The minimum absolute atomic E-state index is 0. The average molecular weight is 433 g/mol. The Balaban J connectivity index is 0.00000242. The van der Waals surface area contributed by atoms with E-state index in [0.717, 1.165) is 24.2 Å². The molecule has 0 bridgehead atoms. The number of aliphatic imine (C=N–C) groups is 1. The summed E-state index contributed by atoms with van der Waals surface area (Å²) < 4.78 is 0. The summed E-state index contributed by atoms with van der Waals surface area (Å²) in [6.07, 6.45) is 7.06. The molecule has 0 saturated heterocycles. The SMILES string of the molecule is CN=C(NCCc1cccc(C)c1)NC1CCC(SC)C1.I. The molecule has 0 heterocycles. The van der Waals surface area contributed by atoms with Gasteiger partial charge in [0.05, 0.1) is 0 Å². The second-order valence-corrected chi connectivity index (χ2v) is 6.89. The van der Waals surface area contributed by atoms with Crippen molar-refractivity contribution in [3.63, 3.8) is 0 Å². The molecule has 2 unspecified atom stereocenters. The van der Waals surface area contributed by atoms with Crippen LogP contribution in [-0.4, -0.2) is 37.1 Å². The van der Waals surface area contributed by atoms with Crippen LogP contribution in [0.5, 0.6) is 0 Å². The van der Waals surface area contributed by atoms with Crippen LogP contribution in [0, 0.1) is 6.92 Å². The summed E-state index contributed by atoms with van der Waals surface area (Å²) in [4.78, 5) is 4.34. The Morgan fingerprint density at radius 1 is 1.36 bits per heavy atom. The number of nitrogens with one attached hydrogen (secondary N) is 2. The summed E-state index contributed by atoms with van der Waals surface area (Å²) in [5, 5.41) is 7.80. The van der Waals surface area contributed by atoms with Crippen LogP contribution < -0.4 is 10.6 Å². The molecule has 1 saturated carbocycles. The summed E-state index contributed by atoms with van der Waals surface area (Å²) in [7, 11) is 1.85. The molecule has 5 heteroatoms. The first-order chi connectivity index (χ1) is 10.2. The minimum atomic E-state index is 0. The highest BCUT2D eigenvalue weighted by Crippen LogP contribution is 2.27. The summed E-state index contributed by atoms with van der Waals surface area (Å²) in [5.74, 6) is 0.939. The summed E-state index contributed by atoms with van der Waals surface area (Å²) in [5.41, 5.74) is 2.70. The topological polar surface area (TPSA) is 36.4 Å². The van der Waals surface area contributed by atoms with Crippen molar-refractivity contribution < 1.29 is 0 Å². The van der Waals surface area contributed by atoms with Crippen LogP contribution in [0.25, 0.3) is 0 Å². The third-order valence-corrected chi connectivity index (χ3v) is 5.17. The van der Waals surface area contributed by atoms with E-state index in [-0.39, 0.29) is 24.0 Å². The van der Waals surface area contributed by atoms with Gasteiger partial charge in [-0.1, -0.05) is 29.8 Å². The molecule has 1 aliphatic rings. The molecule has 0 spiro atoms. The van der Waals surface area contributed by atoms with Crippen LogP contribution in [0.2, 0.25) is 0 Å². The number of guanidine groups is 1. The standard InChI is InChI=1S/C17H27N3S.HI/c1-13-5-4-6-14(11-13)9-10-19-17(18-2)20-15-7-8-16(12-15)21-3;/h4-6,11,15-16H,7-10,12H2,1-3H3,(H2,18,19,20);1H. The van der Waals surface area contributed by atoms with Crippen molar-refractivity contribution in [3.8, 4) is 0 Å². The van der Waals surface area contributed by atoms with Gasteiger partial charge in [-0.05, 0) is 44.4 Å². The highest BCUT2D eigenvalue weighted by Gasteiger charge is 2.24. The van der Waals surface area contributed by atoms with E-state index in [0.29, 0.717) is 6.04 Å². The monoisotopic (exact) mass is 433 g/mol. The van der Waals surface area contributed by atoms with Crippen molar-refractivity contribution in [2.45, 2.75) is 43.9 Å². The molecule has 2 atom stereocenters. The fourth-order valence-electron chi connectivity index (χ4n) is 2.87. The molecule has 2 N–H and O–H groups in total. The van der Waals surface area contributed by atoms with Crippen molar-refractivity contribution in [3.05, 3.63) is 35.4 Å². The molecule has 1 aromatic carbocycles. The van der Waals surface area contributed by atoms with Gasteiger partial charge in [-0.3, -0.25) is 4.99 Å². The van der Waals surface area contributed by atoms with Crippen LogP contribution in [0.4, 0.5) is 0 Å². The Kier molecular flexibility index (Phi) is 9.24. The quantitative estimate of drug-likeness (QED) is 0.423. The molecular formula is C17H28IN3S. The minimum Gasteiger partial charge on any atom is -0.356 e. The molecule has 0 radical (unpaired) electrons. The first-order valence-electron chi connectivity index (χ1n) is 7.76. The third-order valence-electron chi connectivity index (χ3n) is 4.07. The van der Waals surface area contributed by atoms with Gasteiger partial charge in [0.15, 0.2) is 5.96 Å². The van der Waals surface area contributed by atoms with Crippen molar-refractivity contribution in [1.82, 2.24) is 10.6 Å². The number of hydrogen-bond acceptors (Lipinski definition) is 2. The smallest absolute Gasteiger partial charge is 0.191 e. The number of halogens is 1. The molecule has 0 aliphatic heterocycles. The largest absolute Gasteiger partial charge is 0.356 e. The number of thioether (sulfide) groups is 1. The van der Waals surface area contributed by atoms with Gasteiger partial charge in [-0.25, -0.2) is 0 Å². The summed E-state index contributed by atoms with van der Waals surface area (Å²) in [6, 6.07) is 9.27. The average Bonchev–Trinajstić information content (AvgIpc) is 2.94. The summed E-state index contributed by atoms with van der Waals surface area (Å²) in [6.45, 7) is 3.06. The van der Waals surface area contributed by atoms with E-state index < -0.39 is 0 Å². The lowest BCUT2D eigenvalue weighted by Gasteiger charge is -2.17. The van der Waals surface area contributed by atoms with E-state index in [2.05, 4.69) is 53.1 Å². The molecular weight excluding hydrogens is 405 g/mol. The van der Waals surface area contributed by atoms with Crippen LogP contribution in [0.15, 0.2) is 29.3 Å². The number of rotatable bonds is 5. The van der Waals surface area contributed by atoms with Crippen LogP contribution in [-0.2, 0) is 6.42 Å². The maximum absolute atomic E-state index is 4.34. The lowest BCUT2D eigenvalue weighted by molar-refractivity contribution is 0.614. The molecule has 1 fully saturated rings. The molecule has 1 aromatic rings. The highest BCUT2D eigenvalue weighted by atomic mass is 127. The maximum atomic E-state index is 4.34. The summed E-state index contributed by atoms with van der Waals surface area (Å²) >= 11 is 1.99. The van der Waals surface area contributed by atoms with Gasteiger partial charge in [-0.15, -0.1) is 24.0 Å². The number of hydrogen-bond donors (Lipinski definition) is 2. The molecule has 0 aromatic heterocycles. The van der Waals surface area contributed by atoms with Gasteiger partial charge in [-0.2, -0.15) is 11.8 Å². The van der Waals surface area contributed by atoms with Gasteiger partial charge < -0.3 is 10.6 Å². The Bertz CT molecular complexity index is 479. The maximum Gasteiger partial charge on any atom is 0.191 e. The first-order valence-corrected chi connectivity index (χ1v) is 9.05. The van der Waals surface area contributed by atoms with Crippen LogP contribution >= 0.6 is 35.7 Å². The molecule has 0 amide bonds. The van der Waals surface area contributed by atoms with Gasteiger partial charge in [0.1, 0.15) is 0 Å². The van der Waals surface area contributed by atoms with E-state index in [1.54, 1.807) is 0 Å². The van der Waals surface area contributed by atoms with Gasteiger partial charge in [0.2, 0.25) is 0 Å². The van der Waals surface area contributed by atoms with Gasteiger partial charge in [0.25, 0.3) is 0 Å². The molecule has 2 rings (SSSR count). The lowest BCUT2D eigenvalue weighted by atomic mass is 10.1. The second-order valence-electron chi connectivity index (χ2n) is 5.75. The molecule has 3 nitrogen and oxygen atoms in total. The Morgan fingerprint density at radius 3 is 2.82 bits per heavy atom. The van der Waals surface area contributed by atoms with Crippen molar-refractivity contribution in [2.24, 2.45) is 4.99 Å². The number of aryl methyl sites for hydroxylation is 1. The third kappa shape index (κ3) is 6.36. The zero-order valence-corrected chi connectivity index (χ0v) is 16.9. The predicted molar refractivity (Wildman–Crippen MR) is 110 cm³/mol. The molecule has 22 heavy (non-hydrogen) atoms. The predicted octanol–water partition coefficient (Wildman–Crippen LogP) is 3.60. The zero-order chi connectivity index (χ0) is 15.1. The van der Waals surface area contributed by atoms with E-state index in [4.69, 9.17) is 0 Å². The fourth-order valence-corrected chi connectivity index (χ4v) is 3.66. The van der Waals surface area contributed by atoms with Gasteiger partial charge >= 0.3 is 0 Å². The Hall–Kier alpha value is -0.430. The molecule has 1 aliphatic carbocycles. The van der Waals surface area contributed by atoms with E-state index in [1.165, 1.54) is 30.4 Å². The normalized spacial score (nSPS) is 21.3. The fraction of sp³-hybridized carbons (Fsp3) is 0.588. The van der Waals surface area contributed by atoms with Crippen LogP contribution in [0.1, 0.15) is 30.4 Å². The lowest BCUT2D eigenvalue weighted by Crippen LogP contribution is -2.43. The highest BCUT2D eigenvalue weighted by molar-refractivity contribution is 14.0. The second kappa shape index (κ2) is 10.4. The van der Waals surface area contributed by atoms with Crippen molar-refractivity contribution in [2.75, 3.05) is 19.8 Å². The van der Waals surface area contributed by atoms with Crippen LogP contribution in [0.3, 0.4) is 0 Å². The van der Waals surface area contributed by atoms with Crippen molar-refractivity contribution in [1.29, 1.82) is 0 Å². The Morgan fingerprint density at radius 2 is 2.18 bits per heavy atom. The number of benzene rings is 1. The molecule has 124 valence electrons.